The average Bonchev–Trinajstić information content (AvgIpc) is 2.80. The van der Waals surface area contributed by atoms with E-state index in [0.29, 0.717) is 17.7 Å². The van der Waals surface area contributed by atoms with E-state index in [-0.39, 0.29) is 6.42 Å². The number of aliphatic hydroxyl groups excluding tert-OH is 1. The topological polar surface area (TPSA) is 66.4 Å². The Balaban J connectivity index is 1.96. The van der Waals surface area contributed by atoms with E-state index in [9.17, 15) is 26.7 Å². The summed E-state index contributed by atoms with van der Waals surface area (Å²) in [7, 11) is -4.34. The Morgan fingerprint density at radius 3 is 2.35 bits per heavy atom. The molecule has 8 heteroatoms. The van der Waals surface area contributed by atoms with Gasteiger partial charge in [-0.2, -0.15) is 0 Å². The van der Waals surface area contributed by atoms with Crippen LogP contribution in [0.2, 0.25) is 0 Å². The van der Waals surface area contributed by atoms with Gasteiger partial charge >= 0.3 is 0 Å². The lowest BCUT2D eigenvalue weighted by molar-refractivity contribution is 0.151. The second-order valence-electron chi connectivity index (χ2n) is 5.27. The third-order valence-corrected chi connectivity index (χ3v) is 5.17. The van der Waals surface area contributed by atoms with E-state index in [1.54, 1.807) is 24.3 Å². The summed E-state index contributed by atoms with van der Waals surface area (Å²) in [5, 5.41) is 10.0. The molecule has 4 nitrogen and oxygen atoms in total. The van der Waals surface area contributed by atoms with Gasteiger partial charge in [0, 0.05) is 6.42 Å². The molecule has 0 unspecified atom stereocenters. The van der Waals surface area contributed by atoms with Crippen molar-refractivity contribution in [3.05, 3.63) is 65.0 Å². The van der Waals surface area contributed by atoms with Crippen molar-refractivity contribution >= 4 is 10.0 Å². The zero-order chi connectivity index (χ0) is 16.8. The fourth-order valence-electron chi connectivity index (χ4n) is 2.64. The van der Waals surface area contributed by atoms with Gasteiger partial charge < -0.3 is 5.11 Å². The maximum atomic E-state index is 13.2. The van der Waals surface area contributed by atoms with Crippen LogP contribution in [-0.4, -0.2) is 19.6 Å². The van der Waals surface area contributed by atoms with Crippen LogP contribution in [0.1, 0.15) is 17.2 Å². The minimum Gasteiger partial charge on any atom is -0.391 e. The minimum absolute atomic E-state index is 0.259. The summed E-state index contributed by atoms with van der Waals surface area (Å²) < 4.78 is 66.2. The van der Waals surface area contributed by atoms with Gasteiger partial charge in [-0.3, -0.25) is 0 Å². The molecule has 0 aliphatic heterocycles. The molecule has 2 N–H and O–H groups in total. The van der Waals surface area contributed by atoms with Crippen molar-refractivity contribution < 1.29 is 26.7 Å². The van der Waals surface area contributed by atoms with E-state index in [4.69, 9.17) is 0 Å². The Hall–Kier alpha value is -1.90. The molecule has 2 aromatic carbocycles. The minimum atomic E-state index is -4.34. The van der Waals surface area contributed by atoms with Crippen LogP contribution in [0.4, 0.5) is 13.2 Å². The molecule has 0 heterocycles. The van der Waals surface area contributed by atoms with Crippen molar-refractivity contribution in [1.29, 1.82) is 0 Å². The third-order valence-electron chi connectivity index (χ3n) is 3.75. The molecule has 0 saturated carbocycles. The quantitative estimate of drug-likeness (QED) is 0.838. The molecule has 1 aliphatic carbocycles. The van der Waals surface area contributed by atoms with Gasteiger partial charge in [-0.1, -0.05) is 24.3 Å². The molecule has 23 heavy (non-hydrogen) atoms. The van der Waals surface area contributed by atoms with Crippen LogP contribution in [0.5, 0.6) is 0 Å². The highest BCUT2D eigenvalue weighted by Gasteiger charge is 2.34. The Labute approximate surface area is 130 Å². The summed E-state index contributed by atoms with van der Waals surface area (Å²) in [4.78, 5) is -0.745. The standard InChI is InChI=1S/C15H12F3NO3S/c16-11-6-9(7-12(17)14(11)18)23(21,22)19-15-10-4-2-1-3-8(10)5-13(15)20/h1-4,6-7,13,15,19-20H,5H2/t13-,15+/m1/s1. The number of hydrogen-bond acceptors (Lipinski definition) is 3. The van der Waals surface area contributed by atoms with E-state index in [2.05, 4.69) is 4.72 Å². The van der Waals surface area contributed by atoms with Crippen molar-refractivity contribution in [2.45, 2.75) is 23.5 Å². The largest absolute Gasteiger partial charge is 0.391 e. The number of rotatable bonds is 3. The summed E-state index contributed by atoms with van der Waals surface area (Å²) in [6.45, 7) is 0. The van der Waals surface area contributed by atoms with E-state index < -0.39 is 44.5 Å². The number of aliphatic hydroxyl groups is 1. The lowest BCUT2D eigenvalue weighted by Crippen LogP contribution is -2.34. The molecule has 0 bridgehead atoms. The first-order valence-electron chi connectivity index (χ1n) is 6.72. The number of benzene rings is 2. The predicted molar refractivity (Wildman–Crippen MR) is 75.5 cm³/mol. The molecule has 1 aliphatic rings. The third kappa shape index (κ3) is 2.85. The summed E-state index contributed by atoms with van der Waals surface area (Å²) in [6.07, 6.45) is -0.743. The first kappa shape index (κ1) is 16.0. The highest BCUT2D eigenvalue weighted by atomic mass is 32.2. The number of sulfonamides is 1. The van der Waals surface area contributed by atoms with Crippen LogP contribution in [0.25, 0.3) is 0 Å². The molecule has 0 fully saturated rings. The lowest BCUT2D eigenvalue weighted by Gasteiger charge is -2.18. The molecule has 0 saturated heterocycles. The van der Waals surface area contributed by atoms with E-state index in [1.165, 1.54) is 0 Å². The zero-order valence-electron chi connectivity index (χ0n) is 11.6. The van der Waals surface area contributed by atoms with E-state index in [0.717, 1.165) is 5.56 Å². The second-order valence-corrected chi connectivity index (χ2v) is 6.98. The molecule has 3 rings (SSSR count). The van der Waals surface area contributed by atoms with E-state index in [1.807, 2.05) is 0 Å². The maximum Gasteiger partial charge on any atom is 0.241 e. The Bertz CT molecular complexity index is 847. The van der Waals surface area contributed by atoms with Gasteiger partial charge in [0.25, 0.3) is 0 Å². The molecule has 2 aromatic rings. The summed E-state index contributed by atoms with van der Waals surface area (Å²) in [6, 6.07) is 6.71. The van der Waals surface area contributed by atoms with E-state index >= 15 is 0 Å². The molecular formula is C15H12F3NO3S. The maximum absolute atomic E-state index is 13.2. The van der Waals surface area contributed by atoms with Crippen molar-refractivity contribution in [2.24, 2.45) is 0 Å². The van der Waals surface area contributed by atoms with Crippen LogP contribution in [0.3, 0.4) is 0 Å². The molecule has 0 radical (unpaired) electrons. The summed E-state index contributed by atoms with van der Waals surface area (Å²) in [5.41, 5.74) is 1.37. The van der Waals surface area contributed by atoms with Crippen LogP contribution >= 0.6 is 0 Å². The van der Waals surface area contributed by atoms with Gasteiger partial charge in [-0.05, 0) is 23.3 Å². The van der Waals surface area contributed by atoms with Gasteiger partial charge in [0.2, 0.25) is 10.0 Å². The Morgan fingerprint density at radius 1 is 1.09 bits per heavy atom. The average molecular weight is 343 g/mol. The molecule has 122 valence electrons. The predicted octanol–water partition coefficient (Wildman–Crippen LogP) is 2.04. The number of fused-ring (bicyclic) bond motifs is 1. The first-order valence-corrected chi connectivity index (χ1v) is 8.20. The SMILES string of the molecule is O=S(=O)(N[C@H]1c2ccccc2C[C@H]1O)c1cc(F)c(F)c(F)c1. The highest BCUT2D eigenvalue weighted by molar-refractivity contribution is 7.89. The molecule has 0 amide bonds. The van der Waals surface area contributed by atoms with Crippen molar-refractivity contribution in [3.8, 4) is 0 Å². The zero-order valence-corrected chi connectivity index (χ0v) is 12.4. The monoisotopic (exact) mass is 343 g/mol. The Morgan fingerprint density at radius 2 is 1.70 bits per heavy atom. The number of nitrogens with one attached hydrogen (secondary N) is 1. The second kappa shape index (κ2) is 5.63. The molecule has 0 aromatic heterocycles. The van der Waals surface area contributed by atoms with Crippen LogP contribution in [0, 0.1) is 17.5 Å². The van der Waals surface area contributed by atoms with Crippen LogP contribution < -0.4 is 4.72 Å². The highest BCUT2D eigenvalue weighted by Crippen LogP contribution is 2.32. The normalized spacial score (nSPS) is 20.5. The van der Waals surface area contributed by atoms with Crippen molar-refractivity contribution in [1.82, 2.24) is 4.72 Å². The number of halogens is 3. The first-order chi connectivity index (χ1) is 10.8. The fraction of sp³-hybridized carbons (Fsp3) is 0.200. The lowest BCUT2D eigenvalue weighted by atomic mass is 10.1. The van der Waals surface area contributed by atoms with Crippen molar-refractivity contribution in [3.63, 3.8) is 0 Å². The smallest absolute Gasteiger partial charge is 0.241 e. The van der Waals surface area contributed by atoms with Gasteiger partial charge in [0.1, 0.15) is 0 Å². The summed E-state index contributed by atoms with van der Waals surface area (Å²) >= 11 is 0. The molecular weight excluding hydrogens is 331 g/mol. The van der Waals surface area contributed by atoms with Crippen molar-refractivity contribution in [2.75, 3.05) is 0 Å². The van der Waals surface area contributed by atoms with Gasteiger partial charge in [-0.15, -0.1) is 0 Å². The Kier molecular flexibility index (Phi) is 3.91. The summed E-state index contributed by atoms with van der Waals surface area (Å²) in [5.74, 6) is -4.94. The van der Waals surface area contributed by atoms with Gasteiger partial charge in [0.15, 0.2) is 17.5 Å². The molecule has 0 spiro atoms. The van der Waals surface area contributed by atoms with Gasteiger partial charge in [0.05, 0.1) is 17.0 Å². The van der Waals surface area contributed by atoms with Crippen LogP contribution in [-0.2, 0) is 16.4 Å². The fourth-order valence-corrected chi connectivity index (χ4v) is 3.91. The van der Waals surface area contributed by atoms with Gasteiger partial charge in [-0.25, -0.2) is 26.3 Å². The number of hydrogen-bond donors (Lipinski definition) is 2. The molecule has 2 atom stereocenters. The van der Waals surface area contributed by atoms with Crippen LogP contribution in [0.15, 0.2) is 41.3 Å².